The summed E-state index contributed by atoms with van der Waals surface area (Å²) in [6, 6.07) is 19.2. The minimum atomic E-state index is -0.389. The van der Waals surface area contributed by atoms with Crippen LogP contribution in [-0.2, 0) is 0 Å². The first kappa shape index (κ1) is 17.0. The zero-order valence-corrected chi connectivity index (χ0v) is 14.8. The smallest absolute Gasteiger partial charge is 0.343 e. The van der Waals surface area contributed by atoms with Crippen molar-refractivity contribution >= 4 is 16.7 Å². The second kappa shape index (κ2) is 7.39. The van der Waals surface area contributed by atoms with Crippen molar-refractivity contribution in [2.45, 2.75) is 26.2 Å². The Labute approximate surface area is 148 Å². The highest BCUT2D eigenvalue weighted by Crippen LogP contribution is 2.32. The van der Waals surface area contributed by atoms with Crippen molar-refractivity contribution in [1.82, 2.24) is 0 Å². The normalized spacial score (nSPS) is 12.0. The van der Waals surface area contributed by atoms with E-state index in [1.165, 1.54) is 5.56 Å². The van der Waals surface area contributed by atoms with Crippen molar-refractivity contribution in [1.29, 1.82) is 0 Å². The number of hydrogen-bond acceptors (Lipinski definition) is 3. The molecule has 3 aromatic carbocycles. The minimum absolute atomic E-state index is 0.389. The highest BCUT2D eigenvalue weighted by Gasteiger charge is 2.14. The van der Waals surface area contributed by atoms with Crippen molar-refractivity contribution in [2.24, 2.45) is 0 Å². The first-order valence-electron chi connectivity index (χ1n) is 8.51. The van der Waals surface area contributed by atoms with E-state index in [2.05, 4.69) is 13.8 Å². The molecule has 0 radical (unpaired) electrons. The second-order valence-corrected chi connectivity index (χ2v) is 6.17. The van der Waals surface area contributed by atoms with Gasteiger partial charge in [0.2, 0.25) is 0 Å². The Bertz CT molecular complexity index is 899. The average molecular weight is 334 g/mol. The number of carbonyl (C=O) groups is 1. The van der Waals surface area contributed by atoms with Crippen LogP contribution in [0.2, 0.25) is 0 Å². The predicted octanol–water partition coefficient (Wildman–Crippen LogP) is 5.58. The topological polar surface area (TPSA) is 35.5 Å². The van der Waals surface area contributed by atoms with Crippen LogP contribution >= 0.6 is 0 Å². The molecule has 0 aliphatic heterocycles. The number of fused-ring (bicyclic) bond motifs is 1. The van der Waals surface area contributed by atoms with Crippen LogP contribution in [0.4, 0.5) is 0 Å². The van der Waals surface area contributed by atoms with E-state index in [1.54, 1.807) is 19.2 Å². The molecule has 3 aromatic rings. The summed E-state index contributed by atoms with van der Waals surface area (Å²) >= 11 is 0. The number of benzene rings is 3. The van der Waals surface area contributed by atoms with Crippen LogP contribution in [0.15, 0.2) is 60.7 Å². The third kappa shape index (κ3) is 3.66. The van der Waals surface area contributed by atoms with E-state index in [0.29, 0.717) is 23.0 Å². The van der Waals surface area contributed by atoms with Crippen LogP contribution in [0, 0.1) is 0 Å². The third-order valence-corrected chi connectivity index (χ3v) is 4.56. The molecule has 3 nitrogen and oxygen atoms in total. The van der Waals surface area contributed by atoms with Crippen LogP contribution in [-0.4, -0.2) is 13.1 Å². The molecule has 3 rings (SSSR count). The van der Waals surface area contributed by atoms with Gasteiger partial charge in [0, 0.05) is 0 Å². The standard InChI is InChI=1S/C22H22O3/c1-4-15(2)17-11-12-20(21(14-17)24-3)25-22(23)19-10-9-16-7-5-6-8-18(16)13-19/h5-15H,4H2,1-3H3. The number of rotatable bonds is 5. The Morgan fingerprint density at radius 2 is 1.72 bits per heavy atom. The maximum absolute atomic E-state index is 12.5. The lowest BCUT2D eigenvalue weighted by atomic mass is 9.98. The van der Waals surface area contributed by atoms with E-state index < -0.39 is 0 Å². The van der Waals surface area contributed by atoms with Gasteiger partial charge in [-0.15, -0.1) is 0 Å². The molecule has 0 spiro atoms. The largest absolute Gasteiger partial charge is 0.493 e. The van der Waals surface area contributed by atoms with Gasteiger partial charge in [-0.05, 0) is 52.9 Å². The number of ether oxygens (including phenoxy) is 2. The molecule has 0 fully saturated rings. The van der Waals surface area contributed by atoms with Gasteiger partial charge in [0.15, 0.2) is 11.5 Å². The van der Waals surface area contributed by atoms with Gasteiger partial charge in [0.1, 0.15) is 0 Å². The number of methoxy groups -OCH3 is 1. The molecule has 0 saturated carbocycles. The van der Waals surface area contributed by atoms with E-state index in [4.69, 9.17) is 9.47 Å². The molecular weight excluding hydrogens is 312 g/mol. The second-order valence-electron chi connectivity index (χ2n) is 6.17. The van der Waals surface area contributed by atoms with E-state index in [1.807, 2.05) is 48.5 Å². The van der Waals surface area contributed by atoms with Crippen molar-refractivity contribution in [3.63, 3.8) is 0 Å². The molecular formula is C22H22O3. The molecule has 1 atom stereocenters. The molecule has 25 heavy (non-hydrogen) atoms. The van der Waals surface area contributed by atoms with Gasteiger partial charge in [-0.1, -0.05) is 50.2 Å². The van der Waals surface area contributed by atoms with Gasteiger partial charge in [-0.3, -0.25) is 0 Å². The van der Waals surface area contributed by atoms with E-state index in [0.717, 1.165) is 17.2 Å². The van der Waals surface area contributed by atoms with Gasteiger partial charge >= 0.3 is 5.97 Å². The summed E-state index contributed by atoms with van der Waals surface area (Å²) < 4.78 is 11.0. The SMILES string of the molecule is CCC(C)c1ccc(OC(=O)c2ccc3ccccc3c2)c(OC)c1. The average Bonchev–Trinajstić information content (AvgIpc) is 2.67. The fourth-order valence-corrected chi connectivity index (χ4v) is 2.79. The quantitative estimate of drug-likeness (QED) is 0.451. The maximum Gasteiger partial charge on any atom is 0.343 e. The lowest BCUT2D eigenvalue weighted by Gasteiger charge is -2.14. The summed E-state index contributed by atoms with van der Waals surface area (Å²) in [5, 5.41) is 2.10. The molecule has 0 amide bonds. The monoisotopic (exact) mass is 334 g/mol. The van der Waals surface area contributed by atoms with Crippen molar-refractivity contribution in [3.8, 4) is 11.5 Å². The van der Waals surface area contributed by atoms with Gasteiger partial charge < -0.3 is 9.47 Å². The Balaban J connectivity index is 1.86. The van der Waals surface area contributed by atoms with Crippen molar-refractivity contribution in [3.05, 3.63) is 71.8 Å². The lowest BCUT2D eigenvalue weighted by Crippen LogP contribution is -2.09. The Kier molecular flexibility index (Phi) is 5.03. The summed E-state index contributed by atoms with van der Waals surface area (Å²) in [7, 11) is 1.59. The Hall–Kier alpha value is -2.81. The predicted molar refractivity (Wildman–Crippen MR) is 101 cm³/mol. The molecule has 0 N–H and O–H groups in total. The first-order chi connectivity index (χ1) is 12.1. The van der Waals surface area contributed by atoms with Crippen LogP contribution < -0.4 is 9.47 Å². The minimum Gasteiger partial charge on any atom is -0.493 e. The highest BCUT2D eigenvalue weighted by atomic mass is 16.6. The lowest BCUT2D eigenvalue weighted by molar-refractivity contribution is 0.0730. The Morgan fingerprint density at radius 1 is 0.960 bits per heavy atom. The zero-order valence-electron chi connectivity index (χ0n) is 14.8. The van der Waals surface area contributed by atoms with Crippen LogP contribution in [0.5, 0.6) is 11.5 Å². The molecule has 0 saturated heterocycles. The van der Waals surface area contributed by atoms with Gasteiger partial charge in [-0.25, -0.2) is 4.79 Å². The summed E-state index contributed by atoms with van der Waals surface area (Å²) in [6.45, 7) is 4.31. The summed E-state index contributed by atoms with van der Waals surface area (Å²) in [5.74, 6) is 1.05. The molecule has 0 bridgehead atoms. The molecule has 1 unspecified atom stereocenters. The van der Waals surface area contributed by atoms with E-state index in [9.17, 15) is 4.79 Å². The van der Waals surface area contributed by atoms with Crippen LogP contribution in [0.1, 0.15) is 42.1 Å². The zero-order chi connectivity index (χ0) is 17.8. The maximum atomic E-state index is 12.5. The summed E-state index contributed by atoms with van der Waals surface area (Å²) in [4.78, 5) is 12.5. The van der Waals surface area contributed by atoms with Gasteiger partial charge in [0.05, 0.1) is 12.7 Å². The molecule has 3 heteroatoms. The van der Waals surface area contributed by atoms with Crippen LogP contribution in [0.3, 0.4) is 0 Å². The summed E-state index contributed by atoms with van der Waals surface area (Å²) in [6.07, 6.45) is 1.04. The molecule has 128 valence electrons. The fraction of sp³-hybridized carbons (Fsp3) is 0.227. The molecule has 0 aliphatic carbocycles. The Morgan fingerprint density at radius 3 is 2.44 bits per heavy atom. The van der Waals surface area contributed by atoms with Crippen LogP contribution in [0.25, 0.3) is 10.8 Å². The van der Waals surface area contributed by atoms with E-state index in [-0.39, 0.29) is 5.97 Å². The summed E-state index contributed by atoms with van der Waals surface area (Å²) in [5.41, 5.74) is 1.69. The molecule has 0 heterocycles. The number of carbonyl (C=O) groups excluding carboxylic acids is 1. The van der Waals surface area contributed by atoms with Gasteiger partial charge in [-0.2, -0.15) is 0 Å². The first-order valence-corrected chi connectivity index (χ1v) is 8.51. The van der Waals surface area contributed by atoms with Crippen molar-refractivity contribution in [2.75, 3.05) is 7.11 Å². The third-order valence-electron chi connectivity index (χ3n) is 4.56. The fourth-order valence-electron chi connectivity index (χ4n) is 2.79. The van der Waals surface area contributed by atoms with Crippen molar-refractivity contribution < 1.29 is 14.3 Å². The van der Waals surface area contributed by atoms with E-state index >= 15 is 0 Å². The molecule has 0 aromatic heterocycles. The number of hydrogen-bond donors (Lipinski definition) is 0. The number of esters is 1. The van der Waals surface area contributed by atoms with Gasteiger partial charge in [0.25, 0.3) is 0 Å². The molecule has 0 aliphatic rings. The highest BCUT2D eigenvalue weighted by molar-refractivity contribution is 5.96.